The Morgan fingerprint density at radius 1 is 1.14 bits per heavy atom. The van der Waals surface area contributed by atoms with E-state index in [1.807, 2.05) is 24.3 Å². The molecule has 0 saturated heterocycles. The Morgan fingerprint density at radius 3 is 2.71 bits per heavy atom. The van der Waals surface area contributed by atoms with Crippen molar-refractivity contribution >= 4 is 11.6 Å². The fraction of sp³-hybridized carbons (Fsp3) is 0.278. The third-order valence-corrected chi connectivity index (χ3v) is 4.71. The van der Waals surface area contributed by atoms with Gasteiger partial charge in [-0.25, -0.2) is 0 Å². The molecule has 2 aromatic carbocycles. The van der Waals surface area contributed by atoms with Gasteiger partial charge < -0.3 is 11.1 Å². The van der Waals surface area contributed by atoms with E-state index in [2.05, 4.69) is 29.6 Å². The molecule has 4 rings (SSSR count). The van der Waals surface area contributed by atoms with E-state index in [-0.39, 0.29) is 5.91 Å². The molecular weight excluding hydrogens is 260 g/mol. The zero-order valence-corrected chi connectivity index (χ0v) is 11.8. The van der Waals surface area contributed by atoms with E-state index in [1.165, 1.54) is 11.1 Å². The summed E-state index contributed by atoms with van der Waals surface area (Å²) >= 11 is 0. The topological polar surface area (TPSA) is 55.1 Å². The highest BCUT2D eigenvalue weighted by molar-refractivity contribution is 5.80. The second kappa shape index (κ2) is 4.62. The molecule has 0 bridgehead atoms. The Kier molecular flexibility index (Phi) is 2.74. The van der Waals surface area contributed by atoms with Gasteiger partial charge in [-0.2, -0.15) is 0 Å². The van der Waals surface area contributed by atoms with Gasteiger partial charge in [-0.15, -0.1) is 0 Å². The van der Waals surface area contributed by atoms with Gasteiger partial charge in [0.25, 0.3) is 0 Å². The molecule has 1 saturated carbocycles. The number of nitrogens with two attached hydrogens (primary N) is 1. The molecule has 2 aliphatic rings. The van der Waals surface area contributed by atoms with Gasteiger partial charge in [0.1, 0.15) is 0 Å². The highest BCUT2D eigenvalue weighted by Gasteiger charge is 2.56. The summed E-state index contributed by atoms with van der Waals surface area (Å²) in [6.45, 7) is 0. The minimum atomic E-state index is 0.108. The predicted octanol–water partition coefficient (Wildman–Crippen LogP) is 2.27. The van der Waals surface area contributed by atoms with E-state index in [9.17, 15) is 4.79 Å². The first-order valence-electron chi connectivity index (χ1n) is 7.44. The Hall–Kier alpha value is -2.29. The van der Waals surface area contributed by atoms with Crippen LogP contribution in [0.25, 0.3) is 0 Å². The maximum atomic E-state index is 12.1. The van der Waals surface area contributed by atoms with E-state index < -0.39 is 0 Å². The Labute approximate surface area is 124 Å². The van der Waals surface area contributed by atoms with Crippen molar-refractivity contribution < 1.29 is 4.79 Å². The predicted molar refractivity (Wildman–Crippen MR) is 82.9 cm³/mol. The highest BCUT2D eigenvalue weighted by Crippen LogP contribution is 2.56. The number of nitrogens with one attached hydrogen (secondary N) is 1. The van der Waals surface area contributed by atoms with Crippen LogP contribution in [0.5, 0.6) is 0 Å². The van der Waals surface area contributed by atoms with Gasteiger partial charge >= 0.3 is 0 Å². The zero-order valence-electron chi connectivity index (χ0n) is 11.8. The second-order valence-corrected chi connectivity index (χ2v) is 6.10. The fourth-order valence-corrected chi connectivity index (χ4v) is 3.61. The minimum absolute atomic E-state index is 0.108. The van der Waals surface area contributed by atoms with Crippen molar-refractivity contribution in [1.29, 1.82) is 0 Å². The molecule has 1 fully saturated rings. The molecule has 106 valence electrons. The van der Waals surface area contributed by atoms with Crippen LogP contribution in [0.3, 0.4) is 0 Å². The lowest BCUT2D eigenvalue weighted by molar-refractivity contribution is -0.120. The second-order valence-electron chi connectivity index (χ2n) is 6.10. The summed E-state index contributed by atoms with van der Waals surface area (Å²) in [5.41, 5.74) is 10.3. The number of hydrogen-bond acceptors (Lipinski definition) is 2. The largest absolute Gasteiger partial charge is 0.399 e. The maximum absolute atomic E-state index is 12.1. The quantitative estimate of drug-likeness (QED) is 0.846. The lowest BCUT2D eigenvalue weighted by Gasteiger charge is -2.09. The van der Waals surface area contributed by atoms with E-state index in [4.69, 9.17) is 5.73 Å². The van der Waals surface area contributed by atoms with Crippen molar-refractivity contribution in [2.45, 2.75) is 24.8 Å². The Morgan fingerprint density at radius 2 is 1.90 bits per heavy atom. The normalized spacial score (nSPS) is 25.0. The van der Waals surface area contributed by atoms with Crippen molar-refractivity contribution in [2.24, 2.45) is 5.92 Å². The molecule has 0 spiro atoms. The number of benzene rings is 2. The smallest absolute Gasteiger partial charge is 0.224 e. The summed E-state index contributed by atoms with van der Waals surface area (Å²) in [5.74, 6) is 1.26. The number of nitrogen functional groups attached to an aromatic ring is 1. The number of fused-ring (bicyclic) bond motifs is 3. The third kappa shape index (κ3) is 2.19. The standard InChI is InChI=1S/C18H18N2O/c19-13-7-5-11(6-8-13)9-16(21)20-18-15-10-12-3-1-2-4-14(12)17(15)18/h1-8,15,17-18H,9-10,19H2,(H,20,21). The van der Waals surface area contributed by atoms with Gasteiger partial charge in [-0.1, -0.05) is 36.4 Å². The van der Waals surface area contributed by atoms with Crippen molar-refractivity contribution in [3.8, 4) is 0 Å². The molecule has 0 aliphatic heterocycles. The van der Waals surface area contributed by atoms with Crippen molar-refractivity contribution in [3.05, 3.63) is 65.2 Å². The summed E-state index contributed by atoms with van der Waals surface area (Å²) in [5, 5.41) is 3.19. The number of hydrogen-bond donors (Lipinski definition) is 2. The molecule has 2 aliphatic carbocycles. The van der Waals surface area contributed by atoms with Crippen molar-refractivity contribution in [3.63, 3.8) is 0 Å². The van der Waals surface area contributed by atoms with Crippen LogP contribution in [0.1, 0.15) is 22.6 Å². The zero-order chi connectivity index (χ0) is 14.4. The summed E-state index contributed by atoms with van der Waals surface area (Å²) in [7, 11) is 0. The molecule has 0 radical (unpaired) electrons. The monoisotopic (exact) mass is 278 g/mol. The van der Waals surface area contributed by atoms with E-state index in [1.54, 1.807) is 0 Å². The van der Waals surface area contributed by atoms with Crippen LogP contribution in [0, 0.1) is 5.92 Å². The molecule has 3 N–H and O–H groups in total. The first-order chi connectivity index (χ1) is 10.2. The molecule has 2 aromatic rings. The van der Waals surface area contributed by atoms with Crippen LogP contribution in [-0.2, 0) is 17.6 Å². The number of rotatable bonds is 3. The summed E-state index contributed by atoms with van der Waals surface area (Å²) in [6.07, 6.45) is 1.53. The van der Waals surface area contributed by atoms with Crippen molar-refractivity contribution in [1.82, 2.24) is 5.32 Å². The van der Waals surface area contributed by atoms with Crippen molar-refractivity contribution in [2.75, 3.05) is 5.73 Å². The van der Waals surface area contributed by atoms with Crippen LogP contribution >= 0.6 is 0 Å². The summed E-state index contributed by atoms with van der Waals surface area (Å²) in [6, 6.07) is 16.4. The lowest BCUT2D eigenvalue weighted by atomic mass is 10.0. The van der Waals surface area contributed by atoms with Gasteiger partial charge in [-0.3, -0.25) is 4.79 Å². The molecule has 3 unspecified atom stereocenters. The maximum Gasteiger partial charge on any atom is 0.224 e. The number of carbonyl (C=O) groups is 1. The average molecular weight is 278 g/mol. The minimum Gasteiger partial charge on any atom is -0.399 e. The molecule has 3 nitrogen and oxygen atoms in total. The lowest BCUT2D eigenvalue weighted by Crippen LogP contribution is -2.30. The SMILES string of the molecule is Nc1ccc(CC(=O)NC2C3Cc4ccccc4C32)cc1. The van der Waals surface area contributed by atoms with Crippen LogP contribution in [0.4, 0.5) is 5.69 Å². The molecule has 0 aromatic heterocycles. The summed E-state index contributed by atoms with van der Waals surface area (Å²) < 4.78 is 0. The van der Waals surface area contributed by atoms with Crippen LogP contribution in [0.2, 0.25) is 0 Å². The molecule has 3 atom stereocenters. The Bertz CT molecular complexity index is 693. The molecule has 3 heteroatoms. The molecule has 0 heterocycles. The fourth-order valence-electron chi connectivity index (χ4n) is 3.61. The van der Waals surface area contributed by atoms with Gasteiger partial charge in [0.2, 0.25) is 5.91 Å². The molecule has 21 heavy (non-hydrogen) atoms. The number of amides is 1. The van der Waals surface area contributed by atoms with Gasteiger partial charge in [0.05, 0.1) is 6.42 Å². The number of carbonyl (C=O) groups excluding carboxylic acids is 1. The third-order valence-electron chi connectivity index (χ3n) is 4.71. The number of anilines is 1. The summed E-state index contributed by atoms with van der Waals surface area (Å²) in [4.78, 5) is 12.1. The first-order valence-corrected chi connectivity index (χ1v) is 7.44. The highest BCUT2D eigenvalue weighted by atomic mass is 16.1. The first kappa shape index (κ1) is 12.5. The molecule has 1 amide bonds. The van der Waals surface area contributed by atoms with Gasteiger partial charge in [0.15, 0.2) is 0 Å². The van der Waals surface area contributed by atoms with E-state index >= 15 is 0 Å². The van der Waals surface area contributed by atoms with E-state index in [0.29, 0.717) is 24.3 Å². The Balaban J connectivity index is 1.38. The van der Waals surface area contributed by atoms with Crippen LogP contribution in [-0.4, -0.2) is 11.9 Å². The molecular formula is C18H18N2O. The average Bonchev–Trinajstić information content (AvgIpc) is 2.99. The van der Waals surface area contributed by atoms with Gasteiger partial charge in [0, 0.05) is 17.6 Å². The van der Waals surface area contributed by atoms with Crippen LogP contribution < -0.4 is 11.1 Å². The van der Waals surface area contributed by atoms with Gasteiger partial charge in [-0.05, 0) is 41.2 Å². The van der Waals surface area contributed by atoms with E-state index in [0.717, 1.165) is 17.7 Å². The van der Waals surface area contributed by atoms with Crippen LogP contribution in [0.15, 0.2) is 48.5 Å².